The monoisotopic (exact) mass is 298 g/mol. The molecule has 0 radical (unpaired) electrons. The first kappa shape index (κ1) is 15.0. The lowest BCUT2D eigenvalue weighted by Crippen LogP contribution is -2.45. The fourth-order valence-corrected chi connectivity index (χ4v) is 2.79. The topological polar surface area (TPSA) is 89.7 Å². The molecule has 7 heteroatoms. The summed E-state index contributed by atoms with van der Waals surface area (Å²) in [6, 6.07) is 5.87. The molecular formula is C13H18N2O4S. The van der Waals surface area contributed by atoms with Crippen LogP contribution in [0.25, 0.3) is 0 Å². The van der Waals surface area contributed by atoms with E-state index in [0.29, 0.717) is 18.7 Å². The summed E-state index contributed by atoms with van der Waals surface area (Å²) < 4.78 is 27.9. The van der Waals surface area contributed by atoms with Crippen molar-refractivity contribution >= 4 is 21.6 Å². The van der Waals surface area contributed by atoms with Gasteiger partial charge >= 0.3 is 0 Å². The molecule has 0 bridgehead atoms. The summed E-state index contributed by atoms with van der Waals surface area (Å²) in [6.45, 7) is 2.36. The van der Waals surface area contributed by atoms with Crippen LogP contribution < -0.4 is 10.0 Å². The molecule has 1 amide bonds. The average molecular weight is 298 g/mol. The number of sulfonamides is 1. The Morgan fingerprint density at radius 2 is 1.95 bits per heavy atom. The fraction of sp³-hybridized carbons (Fsp3) is 0.462. The summed E-state index contributed by atoms with van der Waals surface area (Å²) in [6.07, 6.45) is 1.55. The third-order valence-electron chi connectivity index (χ3n) is 3.53. The highest BCUT2D eigenvalue weighted by Crippen LogP contribution is 2.29. The van der Waals surface area contributed by atoms with E-state index in [0.717, 1.165) is 6.42 Å². The van der Waals surface area contributed by atoms with Crippen LogP contribution in [-0.2, 0) is 19.6 Å². The van der Waals surface area contributed by atoms with Crippen LogP contribution in [0, 0.1) is 0 Å². The Balaban J connectivity index is 2.21. The van der Waals surface area contributed by atoms with E-state index in [9.17, 15) is 13.2 Å². The zero-order valence-corrected chi connectivity index (χ0v) is 12.3. The van der Waals surface area contributed by atoms with E-state index in [4.69, 9.17) is 9.88 Å². The Morgan fingerprint density at radius 1 is 1.35 bits per heavy atom. The van der Waals surface area contributed by atoms with Crippen molar-refractivity contribution in [2.75, 3.05) is 18.6 Å². The number of nitrogens with zero attached hydrogens (tertiary/aromatic N) is 1. The second kappa shape index (κ2) is 5.16. The van der Waals surface area contributed by atoms with Crippen LogP contribution in [0.2, 0.25) is 0 Å². The van der Waals surface area contributed by atoms with Gasteiger partial charge in [-0.2, -0.15) is 0 Å². The molecule has 1 saturated heterocycles. The number of carbonyl (C=O) groups is 1. The lowest BCUT2D eigenvalue weighted by Gasteiger charge is -2.28. The number of anilines is 1. The van der Waals surface area contributed by atoms with E-state index >= 15 is 0 Å². The van der Waals surface area contributed by atoms with Gasteiger partial charge in [0.15, 0.2) is 0 Å². The minimum absolute atomic E-state index is 0.0189. The van der Waals surface area contributed by atoms with Gasteiger partial charge in [-0.15, -0.1) is 0 Å². The first-order valence-electron chi connectivity index (χ1n) is 6.29. The Bertz CT molecular complexity index is 604. The van der Waals surface area contributed by atoms with Crippen LogP contribution >= 0.6 is 0 Å². The molecule has 1 unspecified atom stereocenters. The van der Waals surface area contributed by atoms with E-state index in [1.54, 1.807) is 26.1 Å². The van der Waals surface area contributed by atoms with Crippen LogP contribution in [0.3, 0.4) is 0 Å². The first-order chi connectivity index (χ1) is 9.24. The number of ether oxygens (including phenoxy) is 1. The van der Waals surface area contributed by atoms with Crippen molar-refractivity contribution in [3.05, 3.63) is 24.3 Å². The number of nitrogens with two attached hydrogens (primary N) is 1. The number of hydrogen-bond donors (Lipinski definition) is 1. The Hall–Kier alpha value is -1.44. The van der Waals surface area contributed by atoms with E-state index in [1.807, 2.05) is 0 Å². The first-order valence-corrected chi connectivity index (χ1v) is 7.84. The smallest absolute Gasteiger partial charge is 0.258 e. The van der Waals surface area contributed by atoms with Crippen LogP contribution in [0.4, 0.5) is 5.69 Å². The molecule has 0 spiro atoms. The summed E-state index contributed by atoms with van der Waals surface area (Å²) in [5.74, 6) is -0.140. The molecule has 20 heavy (non-hydrogen) atoms. The molecule has 0 aromatic heterocycles. The summed E-state index contributed by atoms with van der Waals surface area (Å²) in [5.41, 5.74) is -0.202. The summed E-state index contributed by atoms with van der Waals surface area (Å²) >= 11 is 0. The third-order valence-corrected chi connectivity index (χ3v) is 4.46. The SMILES string of the molecule is CN(C(=O)C1(C)CCCO1)c1ccc(S(N)(=O)=O)cc1. The number of amides is 1. The Morgan fingerprint density at radius 3 is 2.40 bits per heavy atom. The molecule has 110 valence electrons. The summed E-state index contributed by atoms with van der Waals surface area (Å²) in [7, 11) is -2.08. The molecule has 1 fully saturated rings. The molecule has 1 heterocycles. The maximum Gasteiger partial charge on any atom is 0.258 e. The Kier molecular flexibility index (Phi) is 3.86. The maximum atomic E-state index is 12.4. The molecule has 1 aromatic rings. The molecule has 2 N–H and O–H groups in total. The van der Waals surface area contributed by atoms with Gasteiger partial charge in [-0.25, -0.2) is 13.6 Å². The van der Waals surface area contributed by atoms with E-state index < -0.39 is 15.6 Å². The molecule has 6 nitrogen and oxygen atoms in total. The van der Waals surface area contributed by atoms with Crippen molar-refractivity contribution in [2.24, 2.45) is 5.14 Å². The summed E-state index contributed by atoms with van der Waals surface area (Å²) in [5, 5.41) is 5.04. The van der Waals surface area contributed by atoms with Gasteiger partial charge in [0.1, 0.15) is 5.60 Å². The largest absolute Gasteiger partial charge is 0.365 e. The van der Waals surface area contributed by atoms with Gasteiger partial charge in [0.25, 0.3) is 5.91 Å². The second-order valence-electron chi connectivity index (χ2n) is 5.09. The highest BCUT2D eigenvalue weighted by molar-refractivity contribution is 7.89. The van der Waals surface area contributed by atoms with Gasteiger partial charge < -0.3 is 9.64 Å². The number of hydrogen-bond acceptors (Lipinski definition) is 4. The van der Waals surface area contributed by atoms with Crippen LogP contribution in [0.15, 0.2) is 29.2 Å². The normalized spacial score (nSPS) is 22.8. The molecule has 0 aliphatic carbocycles. The summed E-state index contributed by atoms with van der Waals surface area (Å²) in [4.78, 5) is 13.9. The van der Waals surface area contributed by atoms with Gasteiger partial charge in [0.2, 0.25) is 10.0 Å². The molecule has 0 saturated carbocycles. The number of likely N-dealkylation sites (N-methyl/N-ethyl adjacent to an activating group) is 1. The van der Waals surface area contributed by atoms with Crippen molar-refractivity contribution in [3.63, 3.8) is 0 Å². The molecule has 1 atom stereocenters. The van der Waals surface area contributed by atoms with Gasteiger partial charge in [-0.05, 0) is 44.0 Å². The predicted octanol–water partition coefficient (Wildman–Crippen LogP) is 0.866. The van der Waals surface area contributed by atoms with Gasteiger partial charge in [-0.3, -0.25) is 4.79 Å². The van der Waals surface area contributed by atoms with Gasteiger partial charge in [-0.1, -0.05) is 0 Å². The van der Waals surface area contributed by atoms with Crippen LogP contribution in [0.1, 0.15) is 19.8 Å². The maximum absolute atomic E-state index is 12.4. The molecular weight excluding hydrogens is 280 g/mol. The minimum atomic E-state index is -3.72. The molecule has 1 aromatic carbocycles. The number of primary sulfonamides is 1. The molecule has 1 aliphatic heterocycles. The number of benzene rings is 1. The van der Waals surface area contributed by atoms with Crippen LogP contribution in [-0.4, -0.2) is 33.6 Å². The van der Waals surface area contributed by atoms with Crippen molar-refractivity contribution < 1.29 is 17.9 Å². The second-order valence-corrected chi connectivity index (χ2v) is 6.65. The van der Waals surface area contributed by atoms with Gasteiger partial charge in [0, 0.05) is 19.3 Å². The number of rotatable bonds is 3. The molecule has 1 aliphatic rings. The predicted molar refractivity (Wildman–Crippen MR) is 74.8 cm³/mol. The van der Waals surface area contributed by atoms with Crippen molar-refractivity contribution in [3.8, 4) is 0 Å². The van der Waals surface area contributed by atoms with E-state index in [-0.39, 0.29) is 10.8 Å². The van der Waals surface area contributed by atoms with Crippen LogP contribution in [0.5, 0.6) is 0 Å². The highest BCUT2D eigenvalue weighted by atomic mass is 32.2. The standard InChI is InChI=1S/C13H18N2O4S/c1-13(8-3-9-19-13)12(16)15(2)10-4-6-11(7-5-10)20(14,17)18/h4-7H,3,8-9H2,1-2H3,(H2,14,17,18). The van der Waals surface area contributed by atoms with E-state index in [1.165, 1.54) is 17.0 Å². The quantitative estimate of drug-likeness (QED) is 0.896. The Labute approximate surface area is 118 Å². The van der Waals surface area contributed by atoms with Crippen molar-refractivity contribution in [1.29, 1.82) is 0 Å². The van der Waals surface area contributed by atoms with Crippen molar-refractivity contribution in [1.82, 2.24) is 0 Å². The lowest BCUT2D eigenvalue weighted by molar-refractivity contribution is -0.136. The molecule has 2 rings (SSSR count). The zero-order chi connectivity index (χ0) is 15.0. The minimum Gasteiger partial charge on any atom is -0.365 e. The zero-order valence-electron chi connectivity index (χ0n) is 11.5. The fourth-order valence-electron chi connectivity index (χ4n) is 2.28. The third kappa shape index (κ3) is 2.84. The highest BCUT2D eigenvalue weighted by Gasteiger charge is 2.40. The number of carbonyl (C=O) groups excluding carboxylic acids is 1. The lowest BCUT2D eigenvalue weighted by atomic mass is 10.0. The van der Waals surface area contributed by atoms with E-state index in [2.05, 4.69) is 0 Å². The van der Waals surface area contributed by atoms with Gasteiger partial charge in [0.05, 0.1) is 4.90 Å². The average Bonchev–Trinajstić information content (AvgIpc) is 2.84. The van der Waals surface area contributed by atoms with Crippen molar-refractivity contribution in [2.45, 2.75) is 30.3 Å².